The van der Waals surface area contributed by atoms with Gasteiger partial charge in [0.1, 0.15) is 5.56 Å². The number of nitrogens with one attached hydrogen (secondary N) is 2. The Bertz CT molecular complexity index is 764. The van der Waals surface area contributed by atoms with Gasteiger partial charge in [-0.1, -0.05) is 0 Å². The molecule has 1 aliphatic rings. The fourth-order valence-electron chi connectivity index (χ4n) is 2.91. The van der Waals surface area contributed by atoms with E-state index in [1.54, 1.807) is 0 Å². The maximum atomic E-state index is 13.1. The number of alkyl halides is 3. The minimum absolute atomic E-state index is 0. The van der Waals surface area contributed by atoms with Gasteiger partial charge in [0.25, 0.3) is 0 Å². The molecule has 0 bridgehead atoms. The summed E-state index contributed by atoms with van der Waals surface area (Å²) in [5.41, 5.74) is -0.886. The smallest absolute Gasteiger partial charge is 0.314 e. The minimum Gasteiger partial charge on any atom is -0.314 e. The van der Waals surface area contributed by atoms with Crippen LogP contribution in [0.15, 0.2) is 30.6 Å². The van der Waals surface area contributed by atoms with E-state index in [-0.39, 0.29) is 41.9 Å². The Morgan fingerprint density at radius 3 is 2.85 bits per heavy atom. The van der Waals surface area contributed by atoms with E-state index in [4.69, 9.17) is 0 Å². The molecule has 6 nitrogen and oxygen atoms in total. The Labute approximate surface area is 154 Å². The summed E-state index contributed by atoms with van der Waals surface area (Å²) in [7, 11) is 0. The number of carbonyl (C=O) groups excluding carboxylic acids is 1. The van der Waals surface area contributed by atoms with Gasteiger partial charge in [0.15, 0.2) is 11.6 Å². The average Bonchev–Trinajstić information content (AvgIpc) is 3.02. The lowest BCUT2D eigenvalue weighted by Gasteiger charge is -2.26. The number of anilines is 1. The molecule has 1 amide bonds. The molecular weight excluding hydrogens is 371 g/mol. The summed E-state index contributed by atoms with van der Waals surface area (Å²) < 4.78 is 40.2. The van der Waals surface area contributed by atoms with Crippen LogP contribution in [0.5, 0.6) is 0 Å². The third-order valence-corrected chi connectivity index (χ3v) is 4.14. The van der Waals surface area contributed by atoms with E-state index in [2.05, 4.69) is 20.7 Å². The van der Waals surface area contributed by atoms with Crippen LogP contribution in [0.1, 0.15) is 25.3 Å². The maximum Gasteiger partial charge on any atom is 0.420 e. The van der Waals surface area contributed by atoms with Gasteiger partial charge >= 0.3 is 6.18 Å². The van der Waals surface area contributed by atoms with Gasteiger partial charge in [-0.2, -0.15) is 13.2 Å². The van der Waals surface area contributed by atoms with Crippen molar-refractivity contribution in [2.45, 2.75) is 32.0 Å². The van der Waals surface area contributed by atoms with Gasteiger partial charge in [-0.15, -0.1) is 17.5 Å². The van der Waals surface area contributed by atoms with Gasteiger partial charge in [0.05, 0.1) is 0 Å². The first-order valence-corrected chi connectivity index (χ1v) is 7.97. The second-order valence-electron chi connectivity index (χ2n) is 6.08. The van der Waals surface area contributed by atoms with E-state index in [0.29, 0.717) is 6.42 Å². The van der Waals surface area contributed by atoms with E-state index in [0.717, 1.165) is 23.7 Å². The highest BCUT2D eigenvalue weighted by Gasteiger charge is 2.35. The van der Waals surface area contributed by atoms with Gasteiger partial charge in [-0.25, -0.2) is 9.67 Å². The fraction of sp³-hybridized carbons (Fsp3) is 0.438. The van der Waals surface area contributed by atoms with Gasteiger partial charge in [0, 0.05) is 30.4 Å². The van der Waals surface area contributed by atoms with Gasteiger partial charge in [-0.05, 0) is 38.4 Å². The molecule has 0 saturated carbocycles. The molecule has 2 N–H and O–H groups in total. The molecule has 142 valence electrons. The molecule has 0 aromatic carbocycles. The molecule has 0 radical (unpaired) electrons. The zero-order valence-corrected chi connectivity index (χ0v) is 14.8. The number of pyridine rings is 1. The standard InChI is InChI=1S/C16H18F3N5O.ClH/c1-10-9-11(4-7-20-10)15(25)22-13-5-8-24(23-13)14-12(16(17,18)19)3-2-6-21-14;/h2-3,5-6,8,10-11,20H,4,7,9H2,1H3,(H,22,23,25);1H/t10-,11-;/m0./s1. The van der Waals surface area contributed by atoms with Crippen LogP contribution in [0.2, 0.25) is 0 Å². The molecule has 3 heterocycles. The van der Waals surface area contributed by atoms with Crippen molar-refractivity contribution in [3.63, 3.8) is 0 Å². The number of hydrogen-bond acceptors (Lipinski definition) is 4. The fourth-order valence-corrected chi connectivity index (χ4v) is 2.91. The summed E-state index contributed by atoms with van der Waals surface area (Å²) in [6, 6.07) is 3.87. The summed E-state index contributed by atoms with van der Waals surface area (Å²) in [6.07, 6.45) is -0.496. The monoisotopic (exact) mass is 389 g/mol. The zero-order valence-electron chi connectivity index (χ0n) is 14.0. The topological polar surface area (TPSA) is 71.8 Å². The largest absolute Gasteiger partial charge is 0.420 e. The molecule has 2 aromatic rings. The van der Waals surface area contributed by atoms with Crippen LogP contribution < -0.4 is 10.6 Å². The van der Waals surface area contributed by atoms with Crippen molar-refractivity contribution in [3.05, 3.63) is 36.2 Å². The minimum atomic E-state index is -4.54. The van der Waals surface area contributed by atoms with Crippen molar-refractivity contribution in [1.29, 1.82) is 0 Å². The predicted octanol–water partition coefficient (Wildman–Crippen LogP) is 3.03. The molecule has 0 spiro atoms. The molecule has 2 atom stereocenters. The predicted molar refractivity (Wildman–Crippen MR) is 92.4 cm³/mol. The Morgan fingerprint density at radius 1 is 1.38 bits per heavy atom. The van der Waals surface area contributed by atoms with Crippen LogP contribution in [0.3, 0.4) is 0 Å². The first-order valence-electron chi connectivity index (χ1n) is 7.97. The summed E-state index contributed by atoms with van der Waals surface area (Å²) in [5, 5.41) is 9.95. The number of carbonyl (C=O) groups is 1. The maximum absolute atomic E-state index is 13.1. The van der Waals surface area contributed by atoms with E-state index in [9.17, 15) is 18.0 Å². The van der Waals surface area contributed by atoms with E-state index < -0.39 is 11.7 Å². The van der Waals surface area contributed by atoms with Gasteiger partial charge in [-0.3, -0.25) is 4.79 Å². The SMILES string of the molecule is C[C@H]1C[C@@H](C(=O)Nc2ccn(-c3ncccc3C(F)(F)F)n2)CCN1.Cl. The third kappa shape index (κ3) is 4.53. The van der Waals surface area contributed by atoms with Crippen molar-refractivity contribution >= 4 is 24.1 Å². The van der Waals surface area contributed by atoms with Crippen molar-refractivity contribution in [3.8, 4) is 5.82 Å². The van der Waals surface area contributed by atoms with Crippen LogP contribution in [0.4, 0.5) is 19.0 Å². The molecule has 1 fully saturated rings. The third-order valence-electron chi connectivity index (χ3n) is 4.14. The highest BCUT2D eigenvalue weighted by atomic mass is 35.5. The zero-order chi connectivity index (χ0) is 18.0. The van der Waals surface area contributed by atoms with Crippen molar-refractivity contribution in [2.24, 2.45) is 5.92 Å². The average molecular weight is 390 g/mol. The second-order valence-corrected chi connectivity index (χ2v) is 6.08. The van der Waals surface area contributed by atoms with E-state index >= 15 is 0 Å². The van der Waals surface area contributed by atoms with Gasteiger partial charge < -0.3 is 10.6 Å². The molecule has 1 aliphatic heterocycles. The highest BCUT2D eigenvalue weighted by Crippen LogP contribution is 2.32. The number of piperidine rings is 1. The Balaban J connectivity index is 0.00000243. The summed E-state index contributed by atoms with van der Waals surface area (Å²) in [4.78, 5) is 16.1. The number of halogens is 4. The first kappa shape index (κ1) is 20.2. The van der Waals surface area contributed by atoms with Crippen LogP contribution in [0.25, 0.3) is 5.82 Å². The number of aromatic nitrogens is 3. The molecule has 0 aliphatic carbocycles. The van der Waals surface area contributed by atoms with Gasteiger partial charge in [0.2, 0.25) is 5.91 Å². The normalized spacial score (nSPS) is 20.3. The Kier molecular flexibility index (Phi) is 6.25. The highest BCUT2D eigenvalue weighted by molar-refractivity contribution is 5.91. The lowest BCUT2D eigenvalue weighted by Crippen LogP contribution is -2.40. The summed E-state index contributed by atoms with van der Waals surface area (Å²) in [6.45, 7) is 2.77. The molecule has 2 aromatic heterocycles. The molecule has 10 heteroatoms. The summed E-state index contributed by atoms with van der Waals surface area (Å²) in [5.74, 6) is -0.432. The van der Waals surface area contributed by atoms with Crippen molar-refractivity contribution in [1.82, 2.24) is 20.1 Å². The molecule has 0 unspecified atom stereocenters. The number of amides is 1. The van der Waals surface area contributed by atoms with Crippen LogP contribution in [-0.2, 0) is 11.0 Å². The molecular formula is C16H19ClF3N5O. The van der Waals surface area contributed by atoms with Crippen molar-refractivity contribution < 1.29 is 18.0 Å². The number of hydrogen-bond donors (Lipinski definition) is 2. The summed E-state index contributed by atoms with van der Waals surface area (Å²) >= 11 is 0. The van der Waals surface area contributed by atoms with Crippen LogP contribution in [0, 0.1) is 5.92 Å². The van der Waals surface area contributed by atoms with E-state index in [1.807, 2.05) is 6.92 Å². The molecule has 1 saturated heterocycles. The molecule has 26 heavy (non-hydrogen) atoms. The number of nitrogens with zero attached hydrogens (tertiary/aromatic N) is 3. The lowest BCUT2D eigenvalue weighted by atomic mass is 9.92. The second kappa shape index (κ2) is 8.05. The van der Waals surface area contributed by atoms with Crippen LogP contribution in [-0.4, -0.2) is 33.3 Å². The Hall–Kier alpha value is -2.13. The van der Waals surface area contributed by atoms with E-state index in [1.165, 1.54) is 24.5 Å². The molecule has 3 rings (SSSR count). The quantitative estimate of drug-likeness (QED) is 0.846. The Morgan fingerprint density at radius 2 is 2.15 bits per heavy atom. The van der Waals surface area contributed by atoms with Crippen LogP contribution >= 0.6 is 12.4 Å². The number of rotatable bonds is 3. The first-order chi connectivity index (χ1) is 11.8. The van der Waals surface area contributed by atoms with Crippen molar-refractivity contribution in [2.75, 3.05) is 11.9 Å². The lowest BCUT2D eigenvalue weighted by molar-refractivity contribution is -0.137.